The second kappa shape index (κ2) is 9.00. The van der Waals surface area contributed by atoms with Crippen LogP contribution in [0.15, 0.2) is 63.8 Å². The molecule has 154 valence electrons. The Kier molecular flexibility index (Phi) is 5.99. The van der Waals surface area contributed by atoms with Gasteiger partial charge in [0.1, 0.15) is 17.4 Å². The van der Waals surface area contributed by atoms with Gasteiger partial charge in [-0.1, -0.05) is 42.5 Å². The van der Waals surface area contributed by atoms with Crippen LogP contribution < -0.4 is 10.5 Å². The van der Waals surface area contributed by atoms with Crippen molar-refractivity contribution in [2.45, 2.75) is 32.8 Å². The number of hydrogen-bond donors (Lipinski definition) is 2. The molecule has 4 aromatic rings. The molecule has 0 radical (unpaired) electrons. The Bertz CT molecular complexity index is 1160. The summed E-state index contributed by atoms with van der Waals surface area (Å²) in [5.41, 5.74) is 3.22. The van der Waals surface area contributed by atoms with Crippen LogP contribution in [0, 0.1) is 6.92 Å². The molecule has 2 aromatic heterocycles. The average Bonchev–Trinajstić information content (AvgIpc) is 3.29. The van der Waals surface area contributed by atoms with Crippen molar-refractivity contribution in [1.29, 1.82) is 0 Å². The monoisotopic (exact) mass is 422 g/mol. The van der Waals surface area contributed by atoms with Gasteiger partial charge < -0.3 is 14.3 Å². The van der Waals surface area contributed by atoms with Gasteiger partial charge in [-0.3, -0.25) is 4.98 Å². The molecular formula is C23H22N2O4S. The highest BCUT2D eigenvalue weighted by atomic mass is 32.1. The molecule has 0 aliphatic carbocycles. The van der Waals surface area contributed by atoms with Gasteiger partial charge in [0.25, 0.3) is 0 Å². The Labute approximate surface area is 177 Å². The number of aromatic hydroxyl groups is 1. The number of H-pyrrole nitrogens is 1. The number of thiazole rings is 1. The highest BCUT2D eigenvalue weighted by Crippen LogP contribution is 2.28. The van der Waals surface area contributed by atoms with Gasteiger partial charge in [-0.25, -0.2) is 9.78 Å². The van der Waals surface area contributed by atoms with Crippen molar-refractivity contribution in [3.8, 4) is 22.2 Å². The van der Waals surface area contributed by atoms with E-state index in [9.17, 15) is 9.90 Å². The van der Waals surface area contributed by atoms with E-state index in [-0.39, 0.29) is 5.88 Å². The maximum Gasteiger partial charge on any atom is 0.419 e. The number of aryl methyl sites for hydroxylation is 3. The minimum Gasteiger partial charge on any atom is -0.492 e. The standard InChI is InChI=1S/C23H22N2O4S/c1-15-19(24-22(30-15)17-7-3-2-4-8-17)14-28-18-12-10-16(11-13-18)6-5-9-20-21(26)25-23(27)29-20/h2-4,7-8,10-13,26H,5-6,9,14H2,1H3,(H,25,27). The van der Waals surface area contributed by atoms with Crippen LogP contribution in [0.5, 0.6) is 11.6 Å². The third-order valence-corrected chi connectivity index (χ3v) is 5.84. The topological polar surface area (TPSA) is 88.4 Å². The number of aromatic amines is 1. The fourth-order valence-electron chi connectivity index (χ4n) is 3.14. The fourth-order valence-corrected chi connectivity index (χ4v) is 4.07. The zero-order valence-electron chi connectivity index (χ0n) is 16.6. The van der Waals surface area contributed by atoms with Gasteiger partial charge in [0, 0.05) is 16.9 Å². The van der Waals surface area contributed by atoms with Crippen molar-refractivity contribution in [3.05, 3.63) is 87.0 Å². The van der Waals surface area contributed by atoms with E-state index in [0.717, 1.165) is 45.3 Å². The first-order valence-electron chi connectivity index (χ1n) is 9.73. The lowest BCUT2D eigenvalue weighted by atomic mass is 10.1. The van der Waals surface area contributed by atoms with E-state index in [0.29, 0.717) is 18.8 Å². The SMILES string of the molecule is Cc1sc(-c2ccccc2)nc1COc1ccc(CCCc2oc(=O)[nH]c2O)cc1. The predicted octanol–water partition coefficient (Wildman–Crippen LogP) is 4.86. The summed E-state index contributed by atoms with van der Waals surface area (Å²) in [6.45, 7) is 2.50. The number of aromatic nitrogens is 2. The molecule has 30 heavy (non-hydrogen) atoms. The van der Waals surface area contributed by atoms with E-state index in [2.05, 4.69) is 24.0 Å². The molecule has 0 amide bonds. The van der Waals surface area contributed by atoms with E-state index in [1.54, 1.807) is 11.3 Å². The van der Waals surface area contributed by atoms with Crippen LogP contribution in [0.1, 0.15) is 28.3 Å². The first-order chi connectivity index (χ1) is 14.6. The quantitative estimate of drug-likeness (QED) is 0.423. The van der Waals surface area contributed by atoms with Gasteiger partial charge in [0.15, 0.2) is 5.76 Å². The molecule has 2 heterocycles. The van der Waals surface area contributed by atoms with Crippen LogP contribution in [0.25, 0.3) is 10.6 Å². The summed E-state index contributed by atoms with van der Waals surface area (Å²) in [5, 5.41) is 10.5. The summed E-state index contributed by atoms with van der Waals surface area (Å²) < 4.78 is 10.8. The van der Waals surface area contributed by atoms with Crippen molar-refractivity contribution in [1.82, 2.24) is 9.97 Å². The molecule has 2 N–H and O–H groups in total. The summed E-state index contributed by atoms with van der Waals surface area (Å²) >= 11 is 1.68. The molecule has 4 rings (SSSR count). The normalized spacial score (nSPS) is 11.0. The lowest BCUT2D eigenvalue weighted by Gasteiger charge is -2.06. The van der Waals surface area contributed by atoms with Gasteiger partial charge in [-0.05, 0) is 37.5 Å². The maximum atomic E-state index is 11.0. The Hall–Kier alpha value is -3.32. The maximum absolute atomic E-state index is 11.0. The van der Waals surface area contributed by atoms with Gasteiger partial charge in [-0.15, -0.1) is 11.3 Å². The van der Waals surface area contributed by atoms with Crippen LogP contribution in [0.4, 0.5) is 0 Å². The number of rotatable bonds is 8. The van der Waals surface area contributed by atoms with Crippen LogP contribution in [0.3, 0.4) is 0 Å². The summed E-state index contributed by atoms with van der Waals surface area (Å²) in [5.74, 6) is 0.280. The first kappa shape index (κ1) is 20.0. The third-order valence-electron chi connectivity index (χ3n) is 4.78. The largest absolute Gasteiger partial charge is 0.492 e. The van der Waals surface area contributed by atoms with Crippen LogP contribution in [-0.2, 0) is 19.4 Å². The number of benzene rings is 2. The molecule has 7 heteroatoms. The van der Waals surface area contributed by atoms with E-state index >= 15 is 0 Å². The molecule has 0 aliphatic rings. The Balaban J connectivity index is 1.30. The molecule has 2 aromatic carbocycles. The predicted molar refractivity (Wildman–Crippen MR) is 116 cm³/mol. The second-order valence-corrected chi connectivity index (χ2v) is 8.16. The zero-order chi connectivity index (χ0) is 20.9. The molecule has 0 saturated carbocycles. The Morgan fingerprint density at radius 2 is 1.87 bits per heavy atom. The minimum absolute atomic E-state index is 0.184. The lowest BCUT2D eigenvalue weighted by Crippen LogP contribution is -1.98. The molecule has 0 unspecified atom stereocenters. The Morgan fingerprint density at radius 3 is 2.57 bits per heavy atom. The highest BCUT2D eigenvalue weighted by Gasteiger charge is 2.10. The summed E-state index contributed by atoms with van der Waals surface area (Å²) in [7, 11) is 0. The van der Waals surface area contributed by atoms with Crippen molar-refractivity contribution < 1.29 is 14.3 Å². The molecule has 0 bridgehead atoms. The van der Waals surface area contributed by atoms with E-state index < -0.39 is 5.76 Å². The van der Waals surface area contributed by atoms with Gasteiger partial charge in [0.2, 0.25) is 5.88 Å². The first-order valence-corrected chi connectivity index (χ1v) is 10.5. The minimum atomic E-state index is -0.629. The van der Waals surface area contributed by atoms with Crippen molar-refractivity contribution in [2.24, 2.45) is 0 Å². The summed E-state index contributed by atoms with van der Waals surface area (Å²) in [4.78, 5) is 19.1. The second-order valence-electron chi connectivity index (χ2n) is 6.96. The van der Waals surface area contributed by atoms with Gasteiger partial charge in [0.05, 0.1) is 5.69 Å². The number of oxazole rings is 1. The molecule has 0 fully saturated rings. The van der Waals surface area contributed by atoms with E-state index in [4.69, 9.17) is 14.1 Å². The molecule has 0 atom stereocenters. The van der Waals surface area contributed by atoms with Crippen LogP contribution in [0.2, 0.25) is 0 Å². The Morgan fingerprint density at radius 1 is 1.10 bits per heavy atom. The highest BCUT2D eigenvalue weighted by molar-refractivity contribution is 7.15. The average molecular weight is 423 g/mol. The van der Waals surface area contributed by atoms with Gasteiger partial charge in [-0.2, -0.15) is 0 Å². The number of nitrogens with one attached hydrogen (secondary N) is 1. The number of ether oxygens (including phenoxy) is 1. The van der Waals surface area contributed by atoms with Crippen molar-refractivity contribution >= 4 is 11.3 Å². The molecular weight excluding hydrogens is 400 g/mol. The third kappa shape index (κ3) is 4.80. The smallest absolute Gasteiger partial charge is 0.419 e. The van der Waals surface area contributed by atoms with E-state index in [1.165, 1.54) is 0 Å². The number of hydrogen-bond acceptors (Lipinski definition) is 6. The van der Waals surface area contributed by atoms with Gasteiger partial charge >= 0.3 is 5.76 Å². The van der Waals surface area contributed by atoms with Crippen LogP contribution in [-0.4, -0.2) is 15.1 Å². The summed E-state index contributed by atoms with van der Waals surface area (Å²) in [6.07, 6.45) is 2.06. The van der Waals surface area contributed by atoms with Crippen molar-refractivity contribution in [2.75, 3.05) is 0 Å². The van der Waals surface area contributed by atoms with Crippen LogP contribution >= 0.6 is 11.3 Å². The summed E-state index contributed by atoms with van der Waals surface area (Å²) in [6, 6.07) is 18.1. The zero-order valence-corrected chi connectivity index (χ0v) is 17.4. The van der Waals surface area contributed by atoms with Crippen molar-refractivity contribution in [3.63, 3.8) is 0 Å². The number of nitrogens with zero attached hydrogens (tertiary/aromatic N) is 1. The lowest BCUT2D eigenvalue weighted by molar-refractivity contribution is 0.301. The molecule has 0 aliphatic heterocycles. The molecule has 6 nitrogen and oxygen atoms in total. The molecule has 0 spiro atoms. The molecule has 0 saturated heterocycles. The fraction of sp³-hybridized carbons (Fsp3) is 0.217. The van der Waals surface area contributed by atoms with E-state index in [1.807, 2.05) is 42.5 Å².